The Morgan fingerprint density at radius 1 is 0.385 bits per heavy atom. The molecule has 0 aromatic heterocycles. The van der Waals surface area contributed by atoms with Gasteiger partial charge in [0.05, 0.1) is 33.8 Å². The van der Waals surface area contributed by atoms with Gasteiger partial charge in [0.2, 0.25) is 5.91 Å². The maximum atomic E-state index is 13.7. The van der Waals surface area contributed by atoms with Crippen LogP contribution in [0.5, 0.6) is 0 Å². The van der Waals surface area contributed by atoms with Gasteiger partial charge in [-0.3, -0.25) is 18.6 Å². The van der Waals surface area contributed by atoms with Gasteiger partial charge in [0, 0.05) is 12.8 Å². The molecule has 0 spiro atoms. The van der Waals surface area contributed by atoms with Crippen LogP contribution in [0.3, 0.4) is 0 Å². The maximum Gasteiger partial charge on any atom is 0.472 e. The second kappa shape index (κ2) is 70.8. The summed E-state index contributed by atoms with van der Waals surface area (Å²) in [5, 5.41) is 3.08. The number of nitrogens with zero attached hydrogens (tertiary/aromatic N) is 1. The van der Waals surface area contributed by atoms with Gasteiger partial charge in [-0.25, -0.2) is 4.57 Å². The minimum atomic E-state index is -4.46. The summed E-state index contributed by atoms with van der Waals surface area (Å²) in [7, 11) is 1.51. The average Bonchev–Trinajstić information content (AvgIpc) is 3.08. The Kier molecular flexibility index (Phi) is 69.2. The number of carbonyl (C=O) groups excluding carboxylic acids is 2. The molecule has 0 aromatic rings. The lowest BCUT2D eigenvalue weighted by molar-refractivity contribution is -0.870. The second-order valence-corrected chi connectivity index (χ2v) is 30.1. The average molecular weight is 1300 g/mol. The van der Waals surface area contributed by atoms with Crippen LogP contribution in [0.4, 0.5) is 0 Å². The van der Waals surface area contributed by atoms with Crippen molar-refractivity contribution in [1.82, 2.24) is 5.32 Å². The van der Waals surface area contributed by atoms with Crippen molar-refractivity contribution in [2.75, 3.05) is 40.9 Å². The highest BCUT2D eigenvalue weighted by molar-refractivity contribution is 7.47. The molecule has 2 N–H and O–H groups in total. The third-order valence-electron chi connectivity index (χ3n) is 18.3. The van der Waals surface area contributed by atoms with E-state index in [9.17, 15) is 19.0 Å². The summed E-state index contributed by atoms with van der Waals surface area (Å²) in [5.41, 5.74) is 0. The van der Waals surface area contributed by atoms with Crippen molar-refractivity contribution in [2.45, 2.75) is 418 Å². The number of rotatable bonds is 74. The summed E-state index contributed by atoms with van der Waals surface area (Å²) < 4.78 is 30.9. The first kappa shape index (κ1) is 89.0. The maximum absolute atomic E-state index is 13.7. The predicted molar refractivity (Wildman–Crippen MR) is 397 cm³/mol. The van der Waals surface area contributed by atoms with Gasteiger partial charge in [-0.05, 0) is 70.3 Å². The van der Waals surface area contributed by atoms with E-state index in [0.29, 0.717) is 23.9 Å². The van der Waals surface area contributed by atoms with Crippen molar-refractivity contribution in [3.63, 3.8) is 0 Å². The van der Waals surface area contributed by atoms with Gasteiger partial charge >= 0.3 is 13.8 Å². The van der Waals surface area contributed by atoms with E-state index in [1.165, 1.54) is 302 Å². The van der Waals surface area contributed by atoms with Crippen LogP contribution in [0, 0.1) is 0 Å². The van der Waals surface area contributed by atoms with Crippen LogP contribution in [0.1, 0.15) is 406 Å². The van der Waals surface area contributed by atoms with Gasteiger partial charge in [-0.2, -0.15) is 0 Å². The normalized spacial score (nSPS) is 13.6. The van der Waals surface area contributed by atoms with Gasteiger partial charge in [0.1, 0.15) is 19.3 Å². The number of allylic oxidation sites excluding steroid dienone is 7. The molecule has 0 heterocycles. The third-order valence-corrected chi connectivity index (χ3v) is 19.3. The Labute approximate surface area is 567 Å². The molecule has 0 radical (unpaired) electrons. The second-order valence-electron chi connectivity index (χ2n) is 28.6. The number of hydrogen-bond acceptors (Lipinski definition) is 6. The lowest BCUT2D eigenvalue weighted by Gasteiger charge is -2.27. The first-order valence-electron chi connectivity index (χ1n) is 40.0. The topological polar surface area (TPSA) is 111 Å². The molecular weight excluding hydrogens is 1140 g/mol. The Morgan fingerprint density at radius 3 is 1.02 bits per heavy atom. The van der Waals surface area contributed by atoms with Gasteiger partial charge in [0.25, 0.3) is 0 Å². The molecule has 0 rings (SSSR count). The summed E-state index contributed by atoms with van der Waals surface area (Å²) in [6.07, 6.45) is 91.6. The van der Waals surface area contributed by atoms with E-state index in [-0.39, 0.29) is 25.1 Å². The van der Waals surface area contributed by atoms with Gasteiger partial charge < -0.3 is 19.4 Å². The zero-order valence-electron chi connectivity index (χ0n) is 61.6. The molecule has 3 unspecified atom stereocenters. The van der Waals surface area contributed by atoms with Crippen molar-refractivity contribution >= 4 is 19.7 Å². The molecule has 0 aromatic carbocycles. The predicted octanol–water partition coefficient (Wildman–Crippen LogP) is 25.9. The Morgan fingerprint density at radius 2 is 0.670 bits per heavy atom. The van der Waals surface area contributed by atoms with Crippen molar-refractivity contribution in [1.29, 1.82) is 0 Å². The monoisotopic (exact) mass is 1300 g/mol. The molecule has 3 atom stereocenters. The van der Waals surface area contributed by atoms with Crippen LogP contribution in [-0.4, -0.2) is 74.3 Å². The number of phosphoric ester groups is 1. The molecule has 0 aliphatic carbocycles. The van der Waals surface area contributed by atoms with Crippen molar-refractivity contribution < 1.29 is 37.3 Å². The van der Waals surface area contributed by atoms with Crippen molar-refractivity contribution in [2.24, 2.45) is 0 Å². The van der Waals surface area contributed by atoms with E-state index in [1.54, 1.807) is 0 Å². The molecule has 0 saturated heterocycles. The van der Waals surface area contributed by atoms with Gasteiger partial charge in [0.15, 0.2) is 0 Å². The van der Waals surface area contributed by atoms with Crippen LogP contribution >= 0.6 is 7.82 Å². The van der Waals surface area contributed by atoms with Crippen LogP contribution in [-0.2, 0) is 27.9 Å². The van der Waals surface area contributed by atoms with E-state index in [0.717, 1.165) is 70.6 Å². The number of carbonyl (C=O) groups is 2. The highest BCUT2D eigenvalue weighted by Gasteiger charge is 2.30. The Hall–Kier alpha value is -2.03. The minimum absolute atomic E-state index is 0.0425. The fourth-order valence-electron chi connectivity index (χ4n) is 12.1. The van der Waals surface area contributed by atoms with Crippen molar-refractivity contribution in [3.8, 4) is 0 Å². The highest BCUT2D eigenvalue weighted by Crippen LogP contribution is 2.43. The molecule has 10 heteroatoms. The zero-order chi connectivity index (χ0) is 66.3. The number of nitrogens with one attached hydrogen (secondary N) is 1. The van der Waals surface area contributed by atoms with Crippen LogP contribution < -0.4 is 5.32 Å². The summed E-state index contributed by atoms with van der Waals surface area (Å²) in [5.74, 6) is -0.484. The van der Waals surface area contributed by atoms with Gasteiger partial charge in [-0.1, -0.05) is 372 Å². The number of unbranched alkanes of at least 4 members (excludes halogenated alkanes) is 52. The molecule has 0 fully saturated rings. The molecule has 536 valence electrons. The van der Waals surface area contributed by atoms with E-state index in [2.05, 4.69) is 68.6 Å². The van der Waals surface area contributed by atoms with Crippen LogP contribution in [0.25, 0.3) is 0 Å². The summed E-state index contributed by atoms with van der Waals surface area (Å²) in [4.78, 5) is 38.0. The number of phosphoric acid groups is 1. The number of amides is 1. The first-order chi connectivity index (χ1) is 44.4. The Bertz CT molecular complexity index is 1690. The smallest absolute Gasteiger partial charge is 0.456 e. The molecular formula is C81H156N2O7P+. The Balaban J connectivity index is 4.84. The number of ether oxygens (including phenoxy) is 1. The molecule has 0 aliphatic heterocycles. The number of quaternary nitrogens is 1. The molecule has 1 amide bonds. The molecule has 0 bridgehead atoms. The van der Waals surface area contributed by atoms with Crippen LogP contribution in [0.2, 0.25) is 0 Å². The minimum Gasteiger partial charge on any atom is -0.456 e. The standard InChI is InChI=1S/C81H155N2O7P/c1-7-10-13-16-19-22-25-27-29-31-33-35-37-39-41-43-45-47-49-51-53-55-58-61-64-67-70-73-80(84)82-78(77-89-91(86,87)88-76-75-83(4,5)6)79(72-69-66-63-60-57-24-21-18-15-12-9-3)90-81(85)74-71-68-65-62-59-56-54-52-50-48-46-44-42-40-38-36-34-32-30-28-26-23-20-17-14-11-8-2/h19,22,27,29,33,35,69,72,78-79H,7-18,20-21,23-26,28,30-32,34,36-68,70-71,73-77H2,1-6H3,(H-,82,84,86,87)/p+1/b22-19-,29-27-,35-33-,72-69+. The quantitative estimate of drug-likeness (QED) is 0.0205. The fourth-order valence-corrected chi connectivity index (χ4v) is 12.9. The molecule has 9 nitrogen and oxygen atoms in total. The SMILES string of the molecule is CCCCC/C=C\C/C=C\C/C=C\CCCCCCCCCCCCCCCCC(=O)NC(COP(=O)(O)OCC[N+](C)(C)C)C(/C=C/CCCCCCCCCCC)OC(=O)CCCCCCCCCCCCCCCCCCCCCCCCCCCCC. The first-order valence-corrected chi connectivity index (χ1v) is 41.5. The number of hydrogen-bond donors (Lipinski definition) is 2. The molecule has 91 heavy (non-hydrogen) atoms. The lowest BCUT2D eigenvalue weighted by atomic mass is 10.0. The van der Waals surface area contributed by atoms with E-state index < -0.39 is 20.0 Å². The largest absolute Gasteiger partial charge is 0.472 e. The third kappa shape index (κ3) is 72.1. The molecule has 0 saturated carbocycles. The highest BCUT2D eigenvalue weighted by atomic mass is 31.2. The van der Waals surface area contributed by atoms with E-state index in [4.69, 9.17) is 13.8 Å². The van der Waals surface area contributed by atoms with E-state index >= 15 is 0 Å². The lowest BCUT2D eigenvalue weighted by Crippen LogP contribution is -2.47. The van der Waals surface area contributed by atoms with Crippen molar-refractivity contribution in [3.05, 3.63) is 48.6 Å². The summed E-state index contributed by atoms with van der Waals surface area (Å²) >= 11 is 0. The number of likely N-dealkylation sites (N-methyl/N-ethyl adjacent to an activating group) is 1. The van der Waals surface area contributed by atoms with E-state index in [1.807, 2.05) is 27.2 Å². The van der Waals surface area contributed by atoms with Crippen LogP contribution in [0.15, 0.2) is 48.6 Å². The zero-order valence-corrected chi connectivity index (χ0v) is 62.5. The van der Waals surface area contributed by atoms with Gasteiger partial charge in [-0.15, -0.1) is 0 Å². The summed E-state index contributed by atoms with van der Waals surface area (Å²) in [6, 6.07) is -0.847. The fraction of sp³-hybridized carbons (Fsp3) is 0.877. The molecule has 0 aliphatic rings. The number of esters is 1. The summed E-state index contributed by atoms with van der Waals surface area (Å²) in [6.45, 7) is 7.05.